The average Bonchev–Trinajstić information content (AvgIpc) is 3.22. The van der Waals surface area contributed by atoms with Gasteiger partial charge in [0.15, 0.2) is 0 Å². The molecule has 0 saturated carbocycles. The molecule has 2 amide bonds. The number of para-hydroxylation sites is 2. The molecule has 2 heterocycles. The van der Waals surface area contributed by atoms with Crippen molar-refractivity contribution >= 4 is 22.6 Å². The first-order valence-electron chi connectivity index (χ1n) is 8.89. The highest BCUT2D eigenvalue weighted by Crippen LogP contribution is 2.23. The number of carbonyl (C=O) groups excluding carboxylic acids is 1. The van der Waals surface area contributed by atoms with Gasteiger partial charge in [-0.2, -0.15) is 0 Å². The highest BCUT2D eigenvalue weighted by Gasteiger charge is 2.18. The number of amides is 2. The maximum Gasteiger partial charge on any atom is 0.322 e. The molecule has 2 aromatic carbocycles. The Hall–Kier alpha value is -3.80. The molecule has 140 valence electrons. The first-order chi connectivity index (χ1) is 13.7. The van der Waals surface area contributed by atoms with E-state index in [0.717, 1.165) is 10.9 Å². The fourth-order valence-corrected chi connectivity index (χ4v) is 3.04. The number of pyridine rings is 1. The van der Waals surface area contributed by atoms with Crippen molar-refractivity contribution < 1.29 is 14.3 Å². The smallest absolute Gasteiger partial charge is 0.322 e. The minimum atomic E-state index is -0.308. The number of fused-ring (bicyclic) bond motifs is 1. The standard InChI is InChI=1S/C22H19N3O3/c26-20-11-2-1-6-17(20)14-25(15-18-9-5-13-28-18)22(27)24-19-10-3-7-16-8-4-12-23-21(16)19/h1-13,26H,14-15H2,(H,24,27). The largest absolute Gasteiger partial charge is 0.508 e. The number of carbonyl (C=O) groups is 1. The Morgan fingerprint density at radius 1 is 1.00 bits per heavy atom. The second-order valence-corrected chi connectivity index (χ2v) is 6.37. The average molecular weight is 373 g/mol. The van der Waals surface area contributed by atoms with E-state index in [-0.39, 0.29) is 24.9 Å². The van der Waals surface area contributed by atoms with Crippen molar-refractivity contribution in [1.82, 2.24) is 9.88 Å². The quantitative estimate of drug-likeness (QED) is 0.528. The van der Waals surface area contributed by atoms with Gasteiger partial charge in [-0.15, -0.1) is 0 Å². The van der Waals surface area contributed by atoms with Crippen LogP contribution < -0.4 is 5.32 Å². The lowest BCUT2D eigenvalue weighted by Crippen LogP contribution is -2.34. The molecule has 0 unspecified atom stereocenters. The molecular weight excluding hydrogens is 354 g/mol. The van der Waals surface area contributed by atoms with Crippen molar-refractivity contribution in [3.8, 4) is 5.75 Å². The second kappa shape index (κ2) is 7.84. The summed E-state index contributed by atoms with van der Waals surface area (Å²) < 4.78 is 5.41. The normalized spacial score (nSPS) is 10.7. The van der Waals surface area contributed by atoms with E-state index in [1.807, 2.05) is 42.5 Å². The van der Waals surface area contributed by atoms with Gasteiger partial charge in [0.05, 0.1) is 30.6 Å². The van der Waals surface area contributed by atoms with Crippen LogP contribution in [0.3, 0.4) is 0 Å². The molecule has 0 fully saturated rings. The minimum Gasteiger partial charge on any atom is -0.508 e. The maximum atomic E-state index is 13.1. The van der Waals surface area contributed by atoms with Gasteiger partial charge < -0.3 is 19.7 Å². The van der Waals surface area contributed by atoms with Gasteiger partial charge in [-0.1, -0.05) is 36.4 Å². The summed E-state index contributed by atoms with van der Waals surface area (Å²) in [5.74, 6) is 0.799. The molecule has 2 N–H and O–H groups in total. The number of anilines is 1. The number of phenolic OH excluding ortho intramolecular Hbond substituents is 1. The number of hydrogen-bond donors (Lipinski definition) is 2. The van der Waals surface area contributed by atoms with E-state index in [9.17, 15) is 9.90 Å². The molecule has 28 heavy (non-hydrogen) atoms. The van der Waals surface area contributed by atoms with Crippen LogP contribution in [0.4, 0.5) is 10.5 Å². The number of rotatable bonds is 5. The first-order valence-corrected chi connectivity index (χ1v) is 8.89. The Kier molecular flexibility index (Phi) is 4.93. The molecule has 6 nitrogen and oxygen atoms in total. The molecule has 4 rings (SSSR count). The molecule has 0 aliphatic heterocycles. The van der Waals surface area contributed by atoms with Crippen molar-refractivity contribution in [2.45, 2.75) is 13.1 Å². The third-order valence-corrected chi connectivity index (χ3v) is 4.44. The minimum absolute atomic E-state index is 0.145. The monoisotopic (exact) mass is 373 g/mol. The molecule has 0 spiro atoms. The number of aromatic hydroxyl groups is 1. The van der Waals surface area contributed by atoms with Gasteiger partial charge in [-0.3, -0.25) is 4.98 Å². The zero-order valence-corrected chi connectivity index (χ0v) is 15.1. The summed E-state index contributed by atoms with van der Waals surface area (Å²) in [5, 5.41) is 14.0. The van der Waals surface area contributed by atoms with Crippen LogP contribution in [-0.2, 0) is 13.1 Å². The van der Waals surface area contributed by atoms with Gasteiger partial charge in [-0.05, 0) is 30.3 Å². The Bertz CT molecular complexity index is 1090. The molecule has 4 aromatic rings. The molecule has 0 saturated heterocycles. The maximum absolute atomic E-state index is 13.1. The first kappa shape index (κ1) is 17.6. The van der Waals surface area contributed by atoms with Crippen LogP contribution in [0.5, 0.6) is 5.75 Å². The number of hydrogen-bond acceptors (Lipinski definition) is 4. The van der Waals surface area contributed by atoms with Crippen LogP contribution in [0.2, 0.25) is 0 Å². The number of aromatic nitrogens is 1. The fourth-order valence-electron chi connectivity index (χ4n) is 3.04. The summed E-state index contributed by atoms with van der Waals surface area (Å²) in [7, 11) is 0. The van der Waals surface area contributed by atoms with Crippen LogP contribution in [0.15, 0.2) is 83.6 Å². The summed E-state index contributed by atoms with van der Waals surface area (Å²) in [6.07, 6.45) is 3.26. The number of phenols is 1. The molecule has 2 aromatic heterocycles. The summed E-state index contributed by atoms with van der Waals surface area (Å²) in [4.78, 5) is 19.0. The predicted molar refractivity (Wildman–Crippen MR) is 107 cm³/mol. The van der Waals surface area contributed by atoms with Gasteiger partial charge in [0.2, 0.25) is 0 Å². The number of furan rings is 1. The van der Waals surface area contributed by atoms with Gasteiger partial charge in [0, 0.05) is 17.1 Å². The number of urea groups is 1. The molecule has 0 bridgehead atoms. The van der Waals surface area contributed by atoms with E-state index in [0.29, 0.717) is 17.0 Å². The second-order valence-electron chi connectivity index (χ2n) is 6.37. The zero-order valence-electron chi connectivity index (χ0n) is 15.1. The lowest BCUT2D eigenvalue weighted by molar-refractivity contribution is 0.200. The van der Waals surface area contributed by atoms with E-state index in [1.54, 1.807) is 41.6 Å². The lowest BCUT2D eigenvalue weighted by Gasteiger charge is -2.23. The lowest BCUT2D eigenvalue weighted by atomic mass is 10.2. The van der Waals surface area contributed by atoms with Crippen LogP contribution in [0.25, 0.3) is 10.9 Å². The van der Waals surface area contributed by atoms with Crippen molar-refractivity contribution in [3.63, 3.8) is 0 Å². The van der Waals surface area contributed by atoms with Crippen LogP contribution in [0, 0.1) is 0 Å². The van der Waals surface area contributed by atoms with Crippen molar-refractivity contribution in [1.29, 1.82) is 0 Å². The Morgan fingerprint density at radius 3 is 2.68 bits per heavy atom. The van der Waals surface area contributed by atoms with Gasteiger partial charge in [-0.25, -0.2) is 4.79 Å². The Balaban J connectivity index is 1.61. The van der Waals surface area contributed by atoms with E-state index >= 15 is 0 Å². The predicted octanol–water partition coefficient (Wildman–Crippen LogP) is 4.77. The summed E-state index contributed by atoms with van der Waals surface area (Å²) in [6, 6.07) is 19.7. The van der Waals surface area contributed by atoms with E-state index in [4.69, 9.17) is 4.42 Å². The third kappa shape index (κ3) is 3.81. The molecule has 0 aliphatic carbocycles. The summed E-state index contributed by atoms with van der Waals surface area (Å²) >= 11 is 0. The van der Waals surface area contributed by atoms with E-state index in [1.165, 1.54) is 0 Å². The third-order valence-electron chi connectivity index (χ3n) is 4.44. The number of nitrogens with one attached hydrogen (secondary N) is 1. The van der Waals surface area contributed by atoms with Crippen molar-refractivity contribution in [2.75, 3.05) is 5.32 Å². The SMILES string of the molecule is O=C(Nc1cccc2cccnc12)N(Cc1ccco1)Cc1ccccc1O. The number of benzene rings is 2. The van der Waals surface area contributed by atoms with Crippen LogP contribution in [0.1, 0.15) is 11.3 Å². The highest BCUT2D eigenvalue weighted by molar-refractivity contribution is 5.99. The number of nitrogens with zero attached hydrogens (tertiary/aromatic N) is 2. The van der Waals surface area contributed by atoms with Crippen molar-refractivity contribution in [3.05, 3.63) is 90.5 Å². The highest BCUT2D eigenvalue weighted by atomic mass is 16.3. The van der Waals surface area contributed by atoms with Gasteiger partial charge in [0.25, 0.3) is 0 Å². The molecular formula is C22H19N3O3. The molecule has 0 radical (unpaired) electrons. The Morgan fingerprint density at radius 2 is 1.86 bits per heavy atom. The molecule has 6 heteroatoms. The van der Waals surface area contributed by atoms with E-state index < -0.39 is 0 Å². The van der Waals surface area contributed by atoms with Crippen molar-refractivity contribution in [2.24, 2.45) is 0 Å². The summed E-state index contributed by atoms with van der Waals surface area (Å²) in [5.41, 5.74) is 2.00. The Labute approximate surface area is 162 Å². The van der Waals surface area contributed by atoms with Gasteiger partial charge >= 0.3 is 6.03 Å². The molecule has 0 atom stereocenters. The summed E-state index contributed by atoms with van der Waals surface area (Å²) in [6.45, 7) is 0.503. The van der Waals surface area contributed by atoms with Crippen LogP contribution in [-0.4, -0.2) is 21.0 Å². The van der Waals surface area contributed by atoms with E-state index in [2.05, 4.69) is 10.3 Å². The fraction of sp³-hybridized carbons (Fsp3) is 0.0909. The molecule has 0 aliphatic rings. The zero-order chi connectivity index (χ0) is 19.3. The van der Waals surface area contributed by atoms with Gasteiger partial charge in [0.1, 0.15) is 11.5 Å². The topological polar surface area (TPSA) is 78.6 Å². The van der Waals surface area contributed by atoms with Crippen LogP contribution >= 0.6 is 0 Å².